The van der Waals surface area contributed by atoms with Crippen molar-refractivity contribution < 1.29 is 4.39 Å². The maximum Gasteiger partial charge on any atom is 0.132 e. The van der Waals surface area contributed by atoms with E-state index in [2.05, 4.69) is 11.8 Å². The van der Waals surface area contributed by atoms with Gasteiger partial charge in [0.05, 0.1) is 0 Å². The molecular weight excluding hydrogens is 259 g/mol. The fourth-order valence-electron chi connectivity index (χ4n) is 2.19. The molecule has 0 amide bonds. The monoisotopic (exact) mass is 272 g/mol. The molecule has 0 saturated carbocycles. The minimum atomic E-state index is -0.249. The van der Waals surface area contributed by atoms with Crippen molar-refractivity contribution in [2.24, 2.45) is 0 Å². The van der Waals surface area contributed by atoms with Gasteiger partial charge in [0, 0.05) is 16.7 Å². The lowest BCUT2D eigenvalue weighted by Crippen LogP contribution is -1.89. The van der Waals surface area contributed by atoms with Gasteiger partial charge in [0.1, 0.15) is 5.82 Å². The molecular formula is C20H13F. The summed E-state index contributed by atoms with van der Waals surface area (Å²) in [5.74, 6) is 5.91. The van der Waals surface area contributed by atoms with Gasteiger partial charge in [-0.25, -0.2) is 4.39 Å². The van der Waals surface area contributed by atoms with Gasteiger partial charge in [0.2, 0.25) is 0 Å². The summed E-state index contributed by atoms with van der Waals surface area (Å²) in [5.41, 5.74) is 3.01. The molecule has 100 valence electrons. The quantitative estimate of drug-likeness (QED) is 0.553. The zero-order valence-electron chi connectivity index (χ0n) is 11.4. The molecule has 3 rings (SSSR count). The third-order valence-corrected chi connectivity index (χ3v) is 3.19. The van der Waals surface area contributed by atoms with Crippen molar-refractivity contribution in [3.05, 3.63) is 95.8 Å². The summed E-state index contributed by atoms with van der Waals surface area (Å²) in [6.07, 6.45) is 0. The van der Waals surface area contributed by atoms with E-state index in [9.17, 15) is 4.39 Å². The predicted molar refractivity (Wildman–Crippen MR) is 84.3 cm³/mol. The molecule has 0 atom stereocenters. The number of hydrogen-bond acceptors (Lipinski definition) is 0. The lowest BCUT2D eigenvalue weighted by Gasteiger charge is -2.06. The van der Waals surface area contributed by atoms with Gasteiger partial charge in [-0.05, 0) is 29.8 Å². The van der Waals surface area contributed by atoms with Crippen LogP contribution in [0.15, 0.2) is 78.9 Å². The molecule has 0 saturated heterocycles. The Morgan fingerprint density at radius 2 is 1.29 bits per heavy atom. The fraction of sp³-hybridized carbons (Fsp3) is 0. The van der Waals surface area contributed by atoms with Crippen LogP contribution in [-0.2, 0) is 0 Å². The van der Waals surface area contributed by atoms with E-state index in [1.54, 1.807) is 6.07 Å². The molecule has 0 heterocycles. The van der Waals surface area contributed by atoms with Gasteiger partial charge in [-0.3, -0.25) is 0 Å². The standard InChI is InChI=1S/C20H13F/c21-19-13-7-12-18(15-14-16-8-3-1-4-9-16)20(19)17-10-5-2-6-11-17/h1-13H. The van der Waals surface area contributed by atoms with Crippen molar-refractivity contribution >= 4 is 0 Å². The summed E-state index contributed by atoms with van der Waals surface area (Å²) in [7, 11) is 0. The summed E-state index contributed by atoms with van der Waals surface area (Å²) in [4.78, 5) is 0. The summed E-state index contributed by atoms with van der Waals surface area (Å²) in [6, 6.07) is 24.2. The van der Waals surface area contributed by atoms with Gasteiger partial charge in [-0.2, -0.15) is 0 Å². The molecule has 0 bridgehead atoms. The van der Waals surface area contributed by atoms with Crippen LogP contribution in [0.4, 0.5) is 4.39 Å². The van der Waals surface area contributed by atoms with Crippen LogP contribution in [0.5, 0.6) is 0 Å². The Morgan fingerprint density at radius 1 is 0.619 bits per heavy atom. The van der Waals surface area contributed by atoms with Crippen molar-refractivity contribution in [1.82, 2.24) is 0 Å². The number of benzene rings is 3. The second-order valence-electron chi connectivity index (χ2n) is 4.64. The zero-order valence-corrected chi connectivity index (χ0v) is 11.4. The molecule has 21 heavy (non-hydrogen) atoms. The summed E-state index contributed by atoms with van der Waals surface area (Å²) in [6.45, 7) is 0. The Morgan fingerprint density at radius 3 is 2.00 bits per heavy atom. The molecule has 0 N–H and O–H groups in total. The van der Waals surface area contributed by atoms with Crippen molar-refractivity contribution in [1.29, 1.82) is 0 Å². The van der Waals surface area contributed by atoms with Crippen LogP contribution in [-0.4, -0.2) is 0 Å². The highest BCUT2D eigenvalue weighted by Crippen LogP contribution is 2.26. The molecule has 0 aliphatic carbocycles. The highest BCUT2D eigenvalue weighted by molar-refractivity contribution is 5.72. The third-order valence-electron chi connectivity index (χ3n) is 3.19. The molecule has 0 fully saturated rings. The molecule has 0 nitrogen and oxygen atoms in total. The second kappa shape index (κ2) is 6.07. The van der Waals surface area contributed by atoms with Crippen LogP contribution in [0, 0.1) is 17.7 Å². The molecule has 0 radical (unpaired) electrons. The second-order valence-corrected chi connectivity index (χ2v) is 4.64. The van der Waals surface area contributed by atoms with Gasteiger partial charge in [-0.15, -0.1) is 0 Å². The van der Waals surface area contributed by atoms with Crippen LogP contribution in [0.25, 0.3) is 11.1 Å². The molecule has 3 aromatic rings. The van der Waals surface area contributed by atoms with E-state index in [1.807, 2.05) is 66.7 Å². The Bertz CT molecular complexity index is 793. The van der Waals surface area contributed by atoms with Gasteiger partial charge in [-0.1, -0.05) is 66.4 Å². The summed E-state index contributed by atoms with van der Waals surface area (Å²) in [5, 5.41) is 0. The molecule has 0 spiro atoms. The maximum atomic E-state index is 14.2. The van der Waals surface area contributed by atoms with Gasteiger partial charge < -0.3 is 0 Å². The van der Waals surface area contributed by atoms with Crippen LogP contribution in [0.3, 0.4) is 0 Å². The Labute approximate surface area is 123 Å². The third kappa shape index (κ3) is 3.01. The first-order valence-corrected chi connectivity index (χ1v) is 6.75. The highest BCUT2D eigenvalue weighted by Gasteiger charge is 2.08. The lowest BCUT2D eigenvalue weighted by molar-refractivity contribution is 0.631. The smallest absolute Gasteiger partial charge is 0.132 e. The van der Waals surface area contributed by atoms with Gasteiger partial charge >= 0.3 is 0 Å². The van der Waals surface area contributed by atoms with E-state index in [4.69, 9.17) is 0 Å². The SMILES string of the molecule is Fc1cccc(C#Cc2ccccc2)c1-c1ccccc1. The van der Waals surface area contributed by atoms with E-state index in [-0.39, 0.29) is 5.82 Å². The highest BCUT2D eigenvalue weighted by atomic mass is 19.1. The molecule has 3 aromatic carbocycles. The maximum absolute atomic E-state index is 14.2. The van der Waals surface area contributed by atoms with Gasteiger partial charge in [0.25, 0.3) is 0 Å². The Hall–Kier alpha value is -2.85. The van der Waals surface area contributed by atoms with E-state index in [0.717, 1.165) is 11.1 Å². The number of halogens is 1. The van der Waals surface area contributed by atoms with E-state index < -0.39 is 0 Å². The summed E-state index contributed by atoms with van der Waals surface area (Å²) < 4.78 is 14.2. The van der Waals surface area contributed by atoms with Crippen molar-refractivity contribution in [3.63, 3.8) is 0 Å². The molecule has 0 unspecified atom stereocenters. The first-order valence-electron chi connectivity index (χ1n) is 6.75. The van der Waals surface area contributed by atoms with Crippen LogP contribution in [0.1, 0.15) is 11.1 Å². The Balaban J connectivity index is 2.09. The topological polar surface area (TPSA) is 0 Å². The molecule has 0 aliphatic rings. The first kappa shape index (κ1) is 13.1. The minimum Gasteiger partial charge on any atom is -0.206 e. The van der Waals surface area contributed by atoms with Gasteiger partial charge in [0.15, 0.2) is 0 Å². The Kier molecular flexibility index (Phi) is 3.80. The first-order chi connectivity index (χ1) is 10.3. The van der Waals surface area contributed by atoms with Crippen molar-refractivity contribution in [2.75, 3.05) is 0 Å². The minimum absolute atomic E-state index is 0.249. The van der Waals surface area contributed by atoms with E-state index >= 15 is 0 Å². The number of rotatable bonds is 1. The van der Waals surface area contributed by atoms with Crippen LogP contribution >= 0.6 is 0 Å². The number of hydrogen-bond donors (Lipinski definition) is 0. The predicted octanol–water partition coefficient (Wildman–Crippen LogP) is 4.89. The van der Waals surface area contributed by atoms with Crippen molar-refractivity contribution in [3.8, 4) is 23.0 Å². The molecule has 1 heteroatoms. The average Bonchev–Trinajstić information content (AvgIpc) is 2.55. The largest absolute Gasteiger partial charge is 0.206 e. The van der Waals surface area contributed by atoms with Crippen LogP contribution < -0.4 is 0 Å². The summed E-state index contributed by atoms with van der Waals surface area (Å²) >= 11 is 0. The van der Waals surface area contributed by atoms with Crippen LogP contribution in [0.2, 0.25) is 0 Å². The van der Waals surface area contributed by atoms with E-state index in [0.29, 0.717) is 11.1 Å². The van der Waals surface area contributed by atoms with Crippen molar-refractivity contribution in [2.45, 2.75) is 0 Å². The lowest BCUT2D eigenvalue weighted by atomic mass is 9.99. The average molecular weight is 272 g/mol. The fourth-order valence-corrected chi connectivity index (χ4v) is 2.19. The molecule has 0 aliphatic heterocycles. The zero-order chi connectivity index (χ0) is 14.5. The van der Waals surface area contributed by atoms with E-state index in [1.165, 1.54) is 6.07 Å². The normalized spacial score (nSPS) is 9.76. The molecule has 0 aromatic heterocycles.